The van der Waals surface area contributed by atoms with Gasteiger partial charge in [0, 0.05) is 12.1 Å². The summed E-state index contributed by atoms with van der Waals surface area (Å²) < 4.78 is 1.67. The third kappa shape index (κ3) is 2.32. The van der Waals surface area contributed by atoms with Gasteiger partial charge in [-0.1, -0.05) is 29.8 Å². The molecule has 0 aliphatic rings. The first-order valence-corrected chi connectivity index (χ1v) is 6.14. The number of aromatic nitrogens is 3. The van der Waals surface area contributed by atoms with Gasteiger partial charge in [-0.3, -0.25) is 4.79 Å². The maximum atomic E-state index is 12.5. The molecule has 0 fully saturated rings. The average Bonchev–Trinajstić information content (AvgIpc) is 2.80. The lowest BCUT2D eigenvalue weighted by atomic mass is 10.0. The van der Waals surface area contributed by atoms with Crippen LogP contribution in [0, 0.1) is 13.8 Å². The van der Waals surface area contributed by atoms with E-state index < -0.39 is 0 Å². The molecule has 0 aliphatic carbocycles. The van der Waals surface area contributed by atoms with Gasteiger partial charge < -0.3 is 0 Å². The zero-order valence-electron chi connectivity index (χ0n) is 11.0. The SMILES string of the molecule is CCCn1nncc1C(=O)c1cc(C)ccc1C. The minimum absolute atomic E-state index is 0.00495. The molecule has 4 heteroatoms. The zero-order valence-corrected chi connectivity index (χ0v) is 11.0. The Hall–Kier alpha value is -1.97. The van der Waals surface area contributed by atoms with Crippen molar-refractivity contribution in [2.75, 3.05) is 0 Å². The van der Waals surface area contributed by atoms with E-state index in [-0.39, 0.29) is 5.78 Å². The molecule has 4 nitrogen and oxygen atoms in total. The van der Waals surface area contributed by atoms with Gasteiger partial charge in [0.25, 0.3) is 0 Å². The quantitative estimate of drug-likeness (QED) is 0.775. The number of carbonyl (C=O) groups excluding carboxylic acids is 1. The van der Waals surface area contributed by atoms with Gasteiger partial charge in [-0.05, 0) is 31.9 Å². The van der Waals surface area contributed by atoms with Crippen molar-refractivity contribution in [3.05, 3.63) is 46.8 Å². The van der Waals surface area contributed by atoms with Crippen LogP contribution in [0.15, 0.2) is 24.4 Å². The topological polar surface area (TPSA) is 47.8 Å². The van der Waals surface area contributed by atoms with Crippen LogP contribution in [0.2, 0.25) is 0 Å². The van der Waals surface area contributed by atoms with Gasteiger partial charge >= 0.3 is 0 Å². The fraction of sp³-hybridized carbons (Fsp3) is 0.357. The number of benzene rings is 1. The minimum Gasteiger partial charge on any atom is -0.287 e. The first-order chi connectivity index (χ1) is 8.63. The largest absolute Gasteiger partial charge is 0.287 e. The Morgan fingerprint density at radius 3 is 2.83 bits per heavy atom. The van der Waals surface area contributed by atoms with E-state index >= 15 is 0 Å². The number of aryl methyl sites for hydroxylation is 3. The van der Waals surface area contributed by atoms with Crippen molar-refractivity contribution in [2.45, 2.75) is 33.7 Å². The molecule has 0 spiro atoms. The number of hydrogen-bond donors (Lipinski definition) is 0. The summed E-state index contributed by atoms with van der Waals surface area (Å²) in [6.45, 7) is 6.69. The smallest absolute Gasteiger partial charge is 0.212 e. The molecule has 1 heterocycles. The minimum atomic E-state index is -0.00495. The predicted molar refractivity (Wildman–Crippen MR) is 69.7 cm³/mol. The summed E-state index contributed by atoms with van der Waals surface area (Å²) in [6.07, 6.45) is 2.47. The average molecular weight is 243 g/mol. The molecule has 2 aromatic rings. The van der Waals surface area contributed by atoms with Crippen LogP contribution in [0.3, 0.4) is 0 Å². The maximum Gasteiger partial charge on any atom is 0.212 e. The Kier molecular flexibility index (Phi) is 3.55. The van der Waals surface area contributed by atoms with Gasteiger partial charge in [-0.15, -0.1) is 5.10 Å². The molecular weight excluding hydrogens is 226 g/mol. The van der Waals surface area contributed by atoms with Crippen LogP contribution in [-0.2, 0) is 6.54 Å². The third-order valence-electron chi connectivity index (χ3n) is 2.92. The summed E-state index contributed by atoms with van der Waals surface area (Å²) >= 11 is 0. The Labute approximate surface area is 107 Å². The Morgan fingerprint density at radius 2 is 2.11 bits per heavy atom. The number of carbonyl (C=O) groups is 1. The third-order valence-corrected chi connectivity index (χ3v) is 2.92. The van der Waals surface area contributed by atoms with Gasteiger partial charge in [0.15, 0.2) is 0 Å². The fourth-order valence-corrected chi connectivity index (χ4v) is 1.93. The van der Waals surface area contributed by atoms with Crippen LogP contribution >= 0.6 is 0 Å². The molecule has 0 radical (unpaired) electrons. The Balaban J connectivity index is 2.41. The van der Waals surface area contributed by atoms with Crippen molar-refractivity contribution >= 4 is 5.78 Å². The van der Waals surface area contributed by atoms with Crippen LogP contribution in [0.25, 0.3) is 0 Å². The van der Waals surface area contributed by atoms with E-state index in [9.17, 15) is 4.79 Å². The summed E-state index contributed by atoms with van der Waals surface area (Å²) in [7, 11) is 0. The molecular formula is C14H17N3O. The first-order valence-electron chi connectivity index (χ1n) is 6.14. The number of ketones is 1. The van der Waals surface area contributed by atoms with E-state index in [1.165, 1.54) is 0 Å². The molecule has 0 unspecified atom stereocenters. The Bertz CT molecular complexity index is 572. The summed E-state index contributed by atoms with van der Waals surface area (Å²) in [5.74, 6) is -0.00495. The van der Waals surface area contributed by atoms with Gasteiger partial charge in [0.1, 0.15) is 5.69 Å². The van der Waals surface area contributed by atoms with Crippen LogP contribution in [0.4, 0.5) is 0 Å². The van der Waals surface area contributed by atoms with Gasteiger partial charge in [0.2, 0.25) is 5.78 Å². The van der Waals surface area contributed by atoms with E-state index in [1.807, 2.05) is 39.0 Å². The summed E-state index contributed by atoms with van der Waals surface area (Å²) in [5, 5.41) is 7.78. The highest BCUT2D eigenvalue weighted by Crippen LogP contribution is 2.15. The molecule has 0 saturated heterocycles. The lowest BCUT2D eigenvalue weighted by Gasteiger charge is -2.07. The highest BCUT2D eigenvalue weighted by atomic mass is 16.1. The van der Waals surface area contributed by atoms with Crippen LogP contribution in [0.5, 0.6) is 0 Å². The van der Waals surface area contributed by atoms with Crippen LogP contribution in [-0.4, -0.2) is 20.8 Å². The summed E-state index contributed by atoms with van der Waals surface area (Å²) in [5.41, 5.74) is 3.36. The van der Waals surface area contributed by atoms with E-state index in [2.05, 4.69) is 10.3 Å². The van der Waals surface area contributed by atoms with E-state index in [0.29, 0.717) is 12.2 Å². The summed E-state index contributed by atoms with van der Waals surface area (Å²) in [6, 6.07) is 5.89. The zero-order chi connectivity index (χ0) is 13.1. The fourth-order valence-electron chi connectivity index (χ4n) is 1.93. The second-order valence-electron chi connectivity index (χ2n) is 4.49. The second-order valence-corrected chi connectivity index (χ2v) is 4.49. The van der Waals surface area contributed by atoms with E-state index in [0.717, 1.165) is 23.1 Å². The molecule has 0 saturated carbocycles. The lowest BCUT2D eigenvalue weighted by molar-refractivity contribution is 0.102. The predicted octanol–water partition coefficient (Wildman–Crippen LogP) is 2.54. The van der Waals surface area contributed by atoms with Crippen molar-refractivity contribution in [1.82, 2.24) is 15.0 Å². The number of rotatable bonds is 4. The molecule has 1 aromatic carbocycles. The maximum absolute atomic E-state index is 12.5. The van der Waals surface area contributed by atoms with Crippen molar-refractivity contribution in [2.24, 2.45) is 0 Å². The van der Waals surface area contributed by atoms with Gasteiger partial charge in [-0.25, -0.2) is 4.68 Å². The van der Waals surface area contributed by atoms with Crippen molar-refractivity contribution in [1.29, 1.82) is 0 Å². The van der Waals surface area contributed by atoms with Crippen LogP contribution in [0.1, 0.15) is 40.5 Å². The molecule has 18 heavy (non-hydrogen) atoms. The molecule has 0 N–H and O–H groups in total. The van der Waals surface area contributed by atoms with E-state index in [4.69, 9.17) is 0 Å². The van der Waals surface area contributed by atoms with Crippen molar-refractivity contribution in [3.63, 3.8) is 0 Å². The van der Waals surface area contributed by atoms with Crippen LogP contribution < -0.4 is 0 Å². The number of hydrogen-bond acceptors (Lipinski definition) is 3. The monoisotopic (exact) mass is 243 g/mol. The van der Waals surface area contributed by atoms with Crippen molar-refractivity contribution in [3.8, 4) is 0 Å². The summed E-state index contributed by atoms with van der Waals surface area (Å²) in [4.78, 5) is 12.5. The highest BCUT2D eigenvalue weighted by Gasteiger charge is 2.16. The Morgan fingerprint density at radius 1 is 1.33 bits per heavy atom. The molecule has 1 aromatic heterocycles. The molecule has 0 atom stereocenters. The number of nitrogens with zero attached hydrogens (tertiary/aromatic N) is 3. The normalized spacial score (nSPS) is 10.6. The van der Waals surface area contributed by atoms with Gasteiger partial charge in [0.05, 0.1) is 6.20 Å². The second kappa shape index (κ2) is 5.12. The standard InChI is InChI=1S/C14H17N3O/c1-4-7-17-13(9-15-16-17)14(18)12-8-10(2)5-6-11(12)3/h5-6,8-9H,4,7H2,1-3H3. The molecule has 2 rings (SSSR count). The molecule has 94 valence electrons. The highest BCUT2D eigenvalue weighted by molar-refractivity contribution is 6.08. The molecule has 0 aliphatic heterocycles. The van der Waals surface area contributed by atoms with Crippen molar-refractivity contribution < 1.29 is 4.79 Å². The lowest BCUT2D eigenvalue weighted by Crippen LogP contribution is -2.12. The molecule has 0 bridgehead atoms. The first kappa shape index (κ1) is 12.5. The van der Waals surface area contributed by atoms with E-state index in [1.54, 1.807) is 10.9 Å². The van der Waals surface area contributed by atoms with Gasteiger partial charge in [-0.2, -0.15) is 0 Å². The molecule has 0 amide bonds.